The fraction of sp³-hybridized carbons (Fsp3) is 0.720. The normalized spacial score (nSPS) is 26.2. The Kier molecular flexibility index (Phi) is 8.87. The summed E-state index contributed by atoms with van der Waals surface area (Å²) in [6.45, 7) is 12.7. The first-order chi connectivity index (χ1) is 15.9. The number of sulfonamides is 1. The first-order valence-electron chi connectivity index (χ1n) is 12.6. The van der Waals surface area contributed by atoms with Gasteiger partial charge in [0.05, 0.1) is 4.75 Å². The number of rotatable bonds is 8. The van der Waals surface area contributed by atoms with Gasteiger partial charge in [0.1, 0.15) is 0 Å². The van der Waals surface area contributed by atoms with E-state index in [0.717, 1.165) is 18.8 Å². The van der Waals surface area contributed by atoms with E-state index >= 15 is 0 Å². The minimum atomic E-state index is -3.36. The van der Waals surface area contributed by atoms with E-state index in [2.05, 4.69) is 63.7 Å². The topological polar surface area (TPSA) is 103 Å². The van der Waals surface area contributed by atoms with Crippen molar-refractivity contribution in [2.24, 2.45) is 5.92 Å². The predicted molar refractivity (Wildman–Crippen MR) is 140 cm³/mol. The van der Waals surface area contributed by atoms with Crippen molar-refractivity contribution in [3.8, 4) is 0 Å². The van der Waals surface area contributed by atoms with Crippen LogP contribution in [0, 0.1) is 5.92 Å². The summed E-state index contributed by atoms with van der Waals surface area (Å²) in [6, 6.07) is 9.29. The number of nitrogens with one attached hydrogen (secondary N) is 4. The zero-order chi connectivity index (χ0) is 24.9. The average molecular weight is 494 g/mol. The van der Waals surface area contributed by atoms with E-state index in [4.69, 9.17) is 0 Å². The number of piperazine rings is 1. The van der Waals surface area contributed by atoms with Crippen LogP contribution in [0.1, 0.15) is 60.3 Å². The minimum absolute atomic E-state index is 0.0459. The highest BCUT2D eigenvalue weighted by Crippen LogP contribution is 2.26. The lowest BCUT2D eigenvalue weighted by Gasteiger charge is -2.37. The SMILES string of the molecule is CC1CN(c2cccc(NCCNC(=O)C3CCC(NS(=O)(=O)C(C)(C)C)CC3)c2)CC(C)N1. The Bertz CT molecular complexity index is 913. The van der Waals surface area contributed by atoms with Gasteiger partial charge in [-0.15, -0.1) is 0 Å². The van der Waals surface area contributed by atoms with Gasteiger partial charge in [0.15, 0.2) is 0 Å². The van der Waals surface area contributed by atoms with Crippen molar-refractivity contribution in [3.05, 3.63) is 24.3 Å². The molecule has 2 aliphatic rings. The first-order valence-corrected chi connectivity index (χ1v) is 14.1. The van der Waals surface area contributed by atoms with Gasteiger partial charge < -0.3 is 20.9 Å². The Morgan fingerprint density at radius 1 is 1.06 bits per heavy atom. The van der Waals surface area contributed by atoms with Crippen LogP contribution in [-0.2, 0) is 14.8 Å². The van der Waals surface area contributed by atoms with Gasteiger partial charge in [-0.2, -0.15) is 0 Å². The summed E-state index contributed by atoms with van der Waals surface area (Å²) in [5.74, 6) is 0.0203. The molecule has 1 aliphatic heterocycles. The van der Waals surface area contributed by atoms with Crippen molar-refractivity contribution in [1.29, 1.82) is 0 Å². The molecule has 0 spiro atoms. The van der Waals surface area contributed by atoms with Gasteiger partial charge >= 0.3 is 0 Å². The molecule has 1 aromatic carbocycles. The van der Waals surface area contributed by atoms with Crippen LogP contribution in [0.15, 0.2) is 24.3 Å². The Morgan fingerprint density at radius 2 is 1.71 bits per heavy atom. The lowest BCUT2D eigenvalue weighted by Crippen LogP contribution is -2.54. The van der Waals surface area contributed by atoms with Crippen LogP contribution in [0.2, 0.25) is 0 Å². The molecule has 0 bridgehead atoms. The Labute approximate surface area is 205 Å². The van der Waals surface area contributed by atoms with E-state index in [9.17, 15) is 13.2 Å². The molecule has 0 aromatic heterocycles. The first kappa shape index (κ1) is 26.8. The summed E-state index contributed by atoms with van der Waals surface area (Å²) in [6.07, 6.45) is 2.81. The van der Waals surface area contributed by atoms with Crippen LogP contribution in [0.25, 0.3) is 0 Å². The van der Waals surface area contributed by atoms with Crippen LogP contribution >= 0.6 is 0 Å². The molecular weight excluding hydrogens is 450 g/mol. The van der Waals surface area contributed by atoms with Gasteiger partial charge in [-0.05, 0) is 78.5 Å². The quantitative estimate of drug-likeness (QED) is 0.415. The summed E-state index contributed by atoms with van der Waals surface area (Å²) in [4.78, 5) is 15.0. The van der Waals surface area contributed by atoms with E-state index < -0.39 is 14.8 Å². The van der Waals surface area contributed by atoms with Crippen molar-refractivity contribution in [3.63, 3.8) is 0 Å². The molecule has 1 aliphatic carbocycles. The lowest BCUT2D eigenvalue weighted by atomic mass is 9.86. The second-order valence-electron chi connectivity index (χ2n) is 10.9. The molecule has 34 heavy (non-hydrogen) atoms. The maximum atomic E-state index is 12.6. The fourth-order valence-electron chi connectivity index (χ4n) is 4.76. The number of amides is 1. The predicted octanol–water partition coefficient (Wildman–Crippen LogP) is 2.68. The number of benzene rings is 1. The zero-order valence-corrected chi connectivity index (χ0v) is 22.2. The van der Waals surface area contributed by atoms with Crippen LogP contribution in [0.4, 0.5) is 11.4 Å². The number of carbonyl (C=O) groups is 1. The van der Waals surface area contributed by atoms with Crippen molar-refractivity contribution in [2.45, 2.75) is 83.2 Å². The van der Waals surface area contributed by atoms with Crippen LogP contribution in [0.3, 0.4) is 0 Å². The Morgan fingerprint density at radius 3 is 2.32 bits per heavy atom. The summed E-state index contributed by atoms with van der Waals surface area (Å²) < 4.78 is 26.7. The molecular formula is C25H43N5O3S. The smallest absolute Gasteiger partial charge is 0.223 e. The highest BCUT2D eigenvalue weighted by Gasteiger charge is 2.34. The fourth-order valence-corrected chi connectivity index (χ4v) is 5.78. The molecule has 2 unspecified atom stereocenters. The highest BCUT2D eigenvalue weighted by molar-refractivity contribution is 7.90. The molecule has 1 heterocycles. The molecule has 1 saturated carbocycles. The number of hydrogen-bond donors (Lipinski definition) is 4. The monoisotopic (exact) mass is 493 g/mol. The molecule has 8 nitrogen and oxygen atoms in total. The highest BCUT2D eigenvalue weighted by atomic mass is 32.2. The van der Waals surface area contributed by atoms with Gasteiger partial charge in [0.2, 0.25) is 15.9 Å². The summed E-state index contributed by atoms with van der Waals surface area (Å²) in [5, 5.41) is 10.0. The number of hydrogen-bond acceptors (Lipinski definition) is 6. The van der Waals surface area contributed by atoms with Gasteiger partial charge in [0.25, 0.3) is 0 Å². The molecule has 9 heteroatoms. The second-order valence-corrected chi connectivity index (χ2v) is 13.4. The van der Waals surface area contributed by atoms with Crippen molar-refractivity contribution in [1.82, 2.24) is 15.4 Å². The Balaban J connectivity index is 1.38. The van der Waals surface area contributed by atoms with Gasteiger partial charge in [-0.25, -0.2) is 13.1 Å². The zero-order valence-electron chi connectivity index (χ0n) is 21.4. The maximum absolute atomic E-state index is 12.6. The number of carbonyl (C=O) groups excluding carboxylic acids is 1. The standard InChI is InChI=1S/C25H43N5O3S/c1-18-16-30(17-19(2)28-18)23-8-6-7-22(15-23)26-13-14-27-24(31)20-9-11-21(12-10-20)29-34(32,33)25(3,4)5/h6-8,15,18-21,26,28-29H,9-14,16-17H2,1-5H3,(H,27,31). The van der Waals surface area contributed by atoms with Gasteiger partial charge in [-0.1, -0.05) is 6.07 Å². The van der Waals surface area contributed by atoms with Crippen molar-refractivity contribution < 1.29 is 13.2 Å². The van der Waals surface area contributed by atoms with E-state index in [-0.39, 0.29) is 17.9 Å². The molecule has 0 radical (unpaired) electrons. The summed E-state index contributed by atoms with van der Waals surface area (Å²) in [7, 11) is -3.36. The molecule has 2 atom stereocenters. The van der Waals surface area contributed by atoms with Crippen LogP contribution < -0.4 is 25.6 Å². The molecule has 1 amide bonds. The third-order valence-corrected chi connectivity index (χ3v) is 9.00. The van der Waals surface area contributed by atoms with Gasteiger partial charge in [0, 0.05) is 61.6 Å². The lowest BCUT2D eigenvalue weighted by molar-refractivity contribution is -0.125. The Hall–Kier alpha value is -1.84. The number of anilines is 2. The largest absolute Gasteiger partial charge is 0.383 e. The molecule has 1 saturated heterocycles. The third-order valence-electron chi connectivity index (χ3n) is 6.75. The number of nitrogens with zero attached hydrogens (tertiary/aromatic N) is 1. The second kappa shape index (κ2) is 11.3. The molecule has 192 valence electrons. The van der Waals surface area contributed by atoms with Crippen molar-refractivity contribution in [2.75, 3.05) is 36.4 Å². The van der Waals surface area contributed by atoms with Crippen LogP contribution in [0.5, 0.6) is 0 Å². The molecule has 3 rings (SSSR count). The van der Waals surface area contributed by atoms with E-state index in [1.165, 1.54) is 5.69 Å². The average Bonchev–Trinajstić information content (AvgIpc) is 2.75. The summed E-state index contributed by atoms with van der Waals surface area (Å²) >= 11 is 0. The molecule has 4 N–H and O–H groups in total. The maximum Gasteiger partial charge on any atom is 0.223 e. The van der Waals surface area contributed by atoms with Crippen LogP contribution in [-0.4, -0.2) is 63.4 Å². The minimum Gasteiger partial charge on any atom is -0.383 e. The molecule has 1 aromatic rings. The van der Waals surface area contributed by atoms with E-state index in [0.29, 0.717) is 50.9 Å². The third kappa shape index (κ3) is 7.33. The molecule has 2 fully saturated rings. The van der Waals surface area contributed by atoms with Gasteiger partial charge in [-0.3, -0.25) is 4.79 Å². The van der Waals surface area contributed by atoms with E-state index in [1.54, 1.807) is 20.8 Å². The summed E-state index contributed by atoms with van der Waals surface area (Å²) in [5.41, 5.74) is 2.27. The van der Waals surface area contributed by atoms with Crippen molar-refractivity contribution >= 4 is 27.3 Å². The van der Waals surface area contributed by atoms with E-state index in [1.807, 2.05) is 0 Å².